The van der Waals surface area contributed by atoms with Gasteiger partial charge in [0.25, 0.3) is 0 Å². The predicted molar refractivity (Wildman–Crippen MR) is 112 cm³/mol. The van der Waals surface area contributed by atoms with Crippen LogP contribution in [0.15, 0.2) is 54.6 Å². The third-order valence-electron chi connectivity index (χ3n) is 5.23. The zero-order valence-electron chi connectivity index (χ0n) is 16.5. The van der Waals surface area contributed by atoms with Gasteiger partial charge < -0.3 is 15.1 Å². The first-order chi connectivity index (χ1) is 13.1. The molecule has 1 N–H and O–H groups in total. The van der Waals surface area contributed by atoms with Gasteiger partial charge in [-0.05, 0) is 36.0 Å². The number of hydrogen-bond donors (Lipinski definition) is 1. The molecule has 0 atom stereocenters. The minimum Gasteiger partial charge on any atom is -0.368 e. The van der Waals surface area contributed by atoms with E-state index >= 15 is 0 Å². The third-order valence-corrected chi connectivity index (χ3v) is 5.23. The summed E-state index contributed by atoms with van der Waals surface area (Å²) in [5.74, 6) is 0.507. The number of anilines is 1. The minimum absolute atomic E-state index is 0.0693. The van der Waals surface area contributed by atoms with E-state index in [0.717, 1.165) is 45.6 Å². The number of carbonyl (C=O) groups excluding carboxylic acids is 1. The van der Waals surface area contributed by atoms with Crippen LogP contribution in [0, 0.1) is 0 Å². The average molecular weight is 366 g/mol. The lowest BCUT2D eigenvalue weighted by atomic mass is 10.00. The molecule has 1 heterocycles. The second-order valence-corrected chi connectivity index (χ2v) is 7.51. The number of para-hydroxylation sites is 1. The molecule has 4 heteroatoms. The Labute approximate surface area is 163 Å². The van der Waals surface area contributed by atoms with Crippen molar-refractivity contribution in [2.45, 2.75) is 32.6 Å². The summed E-state index contributed by atoms with van der Waals surface area (Å²) in [4.78, 5) is 16.8. The van der Waals surface area contributed by atoms with Gasteiger partial charge in [0.1, 0.15) is 0 Å². The molecule has 0 saturated carbocycles. The standard InChI is InChI=1S/C23H31N3O/c1-19(2)21-12-6-7-13-22(21)25-15-17-26(18-16-25)23(27)24-14-8-11-20-9-4-3-5-10-20/h3-7,9-10,12-13,19H,8,11,14-18H2,1-2H3,(H,24,27). The Bertz CT molecular complexity index is 721. The molecule has 4 nitrogen and oxygen atoms in total. The number of hydrogen-bond acceptors (Lipinski definition) is 2. The molecule has 2 amide bonds. The van der Waals surface area contributed by atoms with Crippen LogP contribution in [-0.4, -0.2) is 43.7 Å². The van der Waals surface area contributed by atoms with Gasteiger partial charge in [-0.25, -0.2) is 4.79 Å². The summed E-state index contributed by atoms with van der Waals surface area (Å²) < 4.78 is 0. The highest BCUT2D eigenvalue weighted by Crippen LogP contribution is 2.28. The molecule has 0 radical (unpaired) electrons. The smallest absolute Gasteiger partial charge is 0.317 e. The predicted octanol–water partition coefficient (Wildman–Crippen LogP) is 4.27. The highest BCUT2D eigenvalue weighted by molar-refractivity contribution is 5.74. The van der Waals surface area contributed by atoms with E-state index in [9.17, 15) is 4.79 Å². The van der Waals surface area contributed by atoms with E-state index in [2.05, 4.69) is 72.6 Å². The number of nitrogens with zero attached hydrogens (tertiary/aromatic N) is 2. The van der Waals surface area contributed by atoms with E-state index in [-0.39, 0.29) is 6.03 Å². The van der Waals surface area contributed by atoms with Gasteiger partial charge in [0.15, 0.2) is 0 Å². The van der Waals surface area contributed by atoms with Crippen LogP contribution in [0.25, 0.3) is 0 Å². The zero-order chi connectivity index (χ0) is 19.1. The maximum atomic E-state index is 12.4. The number of benzene rings is 2. The fraction of sp³-hybridized carbons (Fsp3) is 0.435. The van der Waals surface area contributed by atoms with Gasteiger partial charge in [0.05, 0.1) is 0 Å². The van der Waals surface area contributed by atoms with Gasteiger partial charge in [-0.15, -0.1) is 0 Å². The molecule has 0 aliphatic carbocycles. The molecule has 0 spiro atoms. The van der Waals surface area contributed by atoms with Crippen LogP contribution in [-0.2, 0) is 6.42 Å². The molecular weight excluding hydrogens is 334 g/mol. The van der Waals surface area contributed by atoms with Crippen LogP contribution >= 0.6 is 0 Å². The number of rotatable bonds is 6. The topological polar surface area (TPSA) is 35.6 Å². The molecule has 1 saturated heterocycles. The number of nitrogens with one attached hydrogen (secondary N) is 1. The van der Waals surface area contributed by atoms with Crippen molar-refractivity contribution in [3.8, 4) is 0 Å². The van der Waals surface area contributed by atoms with Crippen LogP contribution in [0.3, 0.4) is 0 Å². The molecule has 0 bridgehead atoms. The lowest BCUT2D eigenvalue weighted by Gasteiger charge is -2.37. The van der Waals surface area contributed by atoms with Crippen LogP contribution in [0.4, 0.5) is 10.5 Å². The van der Waals surface area contributed by atoms with Crippen molar-refractivity contribution in [2.75, 3.05) is 37.6 Å². The van der Waals surface area contributed by atoms with Crippen molar-refractivity contribution in [3.05, 3.63) is 65.7 Å². The molecule has 144 valence electrons. The van der Waals surface area contributed by atoms with E-state index < -0.39 is 0 Å². The van der Waals surface area contributed by atoms with E-state index in [4.69, 9.17) is 0 Å². The Balaban J connectivity index is 1.43. The molecule has 0 unspecified atom stereocenters. The number of amides is 2. The lowest BCUT2D eigenvalue weighted by molar-refractivity contribution is 0.194. The van der Waals surface area contributed by atoms with Crippen molar-refractivity contribution in [1.82, 2.24) is 10.2 Å². The van der Waals surface area contributed by atoms with Gasteiger partial charge in [0, 0.05) is 38.4 Å². The highest BCUT2D eigenvalue weighted by atomic mass is 16.2. The van der Waals surface area contributed by atoms with Crippen LogP contribution < -0.4 is 10.2 Å². The number of carbonyl (C=O) groups is 1. The van der Waals surface area contributed by atoms with Gasteiger partial charge >= 0.3 is 6.03 Å². The molecule has 1 aliphatic heterocycles. The van der Waals surface area contributed by atoms with Gasteiger partial charge in [-0.1, -0.05) is 62.4 Å². The number of aryl methyl sites for hydroxylation is 1. The minimum atomic E-state index is 0.0693. The maximum Gasteiger partial charge on any atom is 0.317 e. The van der Waals surface area contributed by atoms with Crippen molar-refractivity contribution in [2.24, 2.45) is 0 Å². The highest BCUT2D eigenvalue weighted by Gasteiger charge is 2.22. The number of piperazine rings is 1. The van der Waals surface area contributed by atoms with Crippen LogP contribution in [0.1, 0.15) is 37.3 Å². The SMILES string of the molecule is CC(C)c1ccccc1N1CCN(C(=O)NCCCc2ccccc2)CC1. The van der Waals surface area contributed by atoms with E-state index in [1.165, 1.54) is 16.8 Å². The molecular formula is C23H31N3O. The summed E-state index contributed by atoms with van der Waals surface area (Å²) >= 11 is 0. The lowest BCUT2D eigenvalue weighted by Crippen LogP contribution is -2.52. The van der Waals surface area contributed by atoms with Gasteiger partial charge in [0.2, 0.25) is 0 Å². The summed E-state index contributed by atoms with van der Waals surface area (Å²) in [6, 6.07) is 19.1. The Morgan fingerprint density at radius 1 is 0.963 bits per heavy atom. The Morgan fingerprint density at radius 2 is 1.63 bits per heavy atom. The van der Waals surface area contributed by atoms with Gasteiger partial charge in [-0.3, -0.25) is 0 Å². The van der Waals surface area contributed by atoms with E-state index in [1.54, 1.807) is 0 Å². The quantitative estimate of drug-likeness (QED) is 0.776. The summed E-state index contributed by atoms with van der Waals surface area (Å²) in [7, 11) is 0. The van der Waals surface area contributed by atoms with Crippen molar-refractivity contribution in [1.29, 1.82) is 0 Å². The molecule has 1 aliphatic rings. The van der Waals surface area contributed by atoms with Crippen LogP contribution in [0.5, 0.6) is 0 Å². The summed E-state index contributed by atoms with van der Waals surface area (Å²) in [5.41, 5.74) is 4.02. The summed E-state index contributed by atoms with van der Waals surface area (Å²) in [5, 5.41) is 3.08. The monoisotopic (exact) mass is 365 g/mol. The fourth-order valence-corrected chi connectivity index (χ4v) is 3.66. The van der Waals surface area contributed by atoms with Crippen molar-refractivity contribution >= 4 is 11.7 Å². The molecule has 3 rings (SSSR count). The summed E-state index contributed by atoms with van der Waals surface area (Å²) in [6.07, 6.45) is 1.97. The van der Waals surface area contributed by atoms with Crippen molar-refractivity contribution in [3.63, 3.8) is 0 Å². The summed E-state index contributed by atoms with van der Waals surface area (Å²) in [6.45, 7) is 8.52. The van der Waals surface area contributed by atoms with E-state index in [0.29, 0.717) is 5.92 Å². The first kappa shape index (κ1) is 19.3. The maximum absolute atomic E-state index is 12.4. The second kappa shape index (κ2) is 9.45. The first-order valence-electron chi connectivity index (χ1n) is 10.1. The molecule has 0 aromatic heterocycles. The Hall–Kier alpha value is -2.49. The zero-order valence-corrected chi connectivity index (χ0v) is 16.5. The molecule has 27 heavy (non-hydrogen) atoms. The second-order valence-electron chi connectivity index (χ2n) is 7.51. The average Bonchev–Trinajstić information content (AvgIpc) is 2.72. The molecule has 2 aromatic carbocycles. The van der Waals surface area contributed by atoms with Crippen LogP contribution in [0.2, 0.25) is 0 Å². The fourth-order valence-electron chi connectivity index (χ4n) is 3.66. The van der Waals surface area contributed by atoms with E-state index in [1.807, 2.05) is 11.0 Å². The largest absolute Gasteiger partial charge is 0.368 e. The first-order valence-corrected chi connectivity index (χ1v) is 10.1. The molecule has 2 aromatic rings. The Kier molecular flexibility index (Phi) is 6.74. The normalized spacial score (nSPS) is 14.5. The molecule has 1 fully saturated rings. The van der Waals surface area contributed by atoms with Crippen molar-refractivity contribution < 1.29 is 4.79 Å². The number of urea groups is 1. The van der Waals surface area contributed by atoms with Gasteiger partial charge in [-0.2, -0.15) is 0 Å². The Morgan fingerprint density at radius 3 is 2.33 bits per heavy atom. The third kappa shape index (κ3) is 5.25.